The fraction of sp³-hybridized carbons (Fsp3) is 0.909. The van der Waals surface area contributed by atoms with Gasteiger partial charge in [-0.05, 0) is 32.9 Å². The van der Waals surface area contributed by atoms with Gasteiger partial charge in [-0.3, -0.25) is 0 Å². The van der Waals surface area contributed by atoms with Crippen LogP contribution in [-0.4, -0.2) is 65.9 Å². The third-order valence-corrected chi connectivity index (χ3v) is 3.32. The van der Waals surface area contributed by atoms with Crippen LogP contribution in [0.1, 0.15) is 19.8 Å². The van der Waals surface area contributed by atoms with Crippen LogP contribution in [0.5, 0.6) is 0 Å². The first kappa shape index (κ1) is 11.7. The average molecular weight is 228 g/mol. The molecule has 2 aliphatic heterocycles. The fourth-order valence-corrected chi connectivity index (χ4v) is 2.31. The first-order valence-corrected chi connectivity index (χ1v) is 5.99. The van der Waals surface area contributed by atoms with Gasteiger partial charge in [0.2, 0.25) is 0 Å². The molecule has 0 aliphatic carbocycles. The summed E-state index contributed by atoms with van der Waals surface area (Å²) < 4.78 is 4.93. The monoisotopic (exact) mass is 228 g/mol. The summed E-state index contributed by atoms with van der Waals surface area (Å²) in [4.78, 5) is 15.3. The number of amides is 1. The van der Waals surface area contributed by atoms with Gasteiger partial charge >= 0.3 is 6.09 Å². The maximum absolute atomic E-state index is 11.5. The van der Waals surface area contributed by atoms with Gasteiger partial charge in [0.05, 0.1) is 18.8 Å². The molecule has 5 nitrogen and oxygen atoms in total. The second-order valence-electron chi connectivity index (χ2n) is 4.72. The summed E-state index contributed by atoms with van der Waals surface area (Å²) >= 11 is 0. The molecule has 5 heteroatoms. The lowest BCUT2D eigenvalue weighted by atomic mass is 10.0. The van der Waals surface area contributed by atoms with Gasteiger partial charge in [-0.15, -0.1) is 0 Å². The average Bonchev–Trinajstić information content (AvgIpc) is 2.56. The third kappa shape index (κ3) is 2.47. The summed E-state index contributed by atoms with van der Waals surface area (Å²) in [6, 6.07) is 0. The Morgan fingerprint density at radius 2 is 2.19 bits per heavy atom. The molecule has 1 amide bonds. The van der Waals surface area contributed by atoms with Crippen molar-refractivity contribution in [3.8, 4) is 0 Å². The van der Waals surface area contributed by atoms with Crippen molar-refractivity contribution in [3.05, 3.63) is 0 Å². The summed E-state index contributed by atoms with van der Waals surface area (Å²) in [5.41, 5.74) is -0.729. The summed E-state index contributed by atoms with van der Waals surface area (Å²) in [6.45, 7) is 6.01. The minimum absolute atomic E-state index is 0.304. The largest absolute Gasteiger partial charge is 0.450 e. The molecular formula is C11H20N2O3. The molecule has 0 bridgehead atoms. The number of likely N-dealkylation sites (tertiary alicyclic amines) is 2. The maximum atomic E-state index is 11.5. The lowest BCUT2D eigenvalue weighted by Crippen LogP contribution is -2.50. The van der Waals surface area contributed by atoms with Gasteiger partial charge in [0.15, 0.2) is 0 Å². The summed E-state index contributed by atoms with van der Waals surface area (Å²) in [5.74, 6) is 0. The van der Waals surface area contributed by atoms with Crippen molar-refractivity contribution < 1.29 is 14.6 Å². The molecule has 0 spiro atoms. The molecule has 0 aromatic carbocycles. The van der Waals surface area contributed by atoms with Gasteiger partial charge < -0.3 is 19.6 Å². The number of hydrogen-bond acceptors (Lipinski definition) is 4. The van der Waals surface area contributed by atoms with Crippen molar-refractivity contribution in [1.29, 1.82) is 0 Å². The van der Waals surface area contributed by atoms with E-state index in [4.69, 9.17) is 4.74 Å². The summed E-state index contributed by atoms with van der Waals surface area (Å²) in [6.07, 6.45) is 1.57. The number of rotatable bonds is 3. The Labute approximate surface area is 96.0 Å². The Balaban J connectivity index is 1.82. The van der Waals surface area contributed by atoms with Crippen molar-refractivity contribution in [2.24, 2.45) is 0 Å². The molecule has 1 unspecified atom stereocenters. The van der Waals surface area contributed by atoms with E-state index in [0.29, 0.717) is 32.7 Å². The molecule has 2 saturated heterocycles. The minimum Gasteiger partial charge on any atom is -0.450 e. The van der Waals surface area contributed by atoms with E-state index >= 15 is 0 Å². The van der Waals surface area contributed by atoms with Gasteiger partial charge in [-0.2, -0.15) is 0 Å². The quantitative estimate of drug-likeness (QED) is 0.754. The Kier molecular flexibility index (Phi) is 3.35. The van der Waals surface area contributed by atoms with Gasteiger partial charge in [0.25, 0.3) is 0 Å². The van der Waals surface area contributed by atoms with E-state index in [1.54, 1.807) is 11.8 Å². The molecule has 92 valence electrons. The Morgan fingerprint density at radius 3 is 2.75 bits per heavy atom. The van der Waals surface area contributed by atoms with Crippen molar-refractivity contribution in [3.63, 3.8) is 0 Å². The maximum Gasteiger partial charge on any atom is 0.409 e. The van der Waals surface area contributed by atoms with Crippen molar-refractivity contribution >= 4 is 6.09 Å². The Hall–Kier alpha value is -0.810. The molecule has 0 radical (unpaired) electrons. The van der Waals surface area contributed by atoms with E-state index < -0.39 is 5.60 Å². The second-order valence-corrected chi connectivity index (χ2v) is 4.72. The van der Waals surface area contributed by atoms with Crippen LogP contribution in [0, 0.1) is 0 Å². The van der Waals surface area contributed by atoms with Crippen LogP contribution in [0.3, 0.4) is 0 Å². The summed E-state index contributed by atoms with van der Waals surface area (Å²) in [5, 5.41) is 10.3. The van der Waals surface area contributed by atoms with Crippen molar-refractivity contribution in [2.75, 3.05) is 39.3 Å². The lowest BCUT2D eigenvalue weighted by Gasteiger charge is -2.36. The molecule has 1 N–H and O–H groups in total. The zero-order valence-corrected chi connectivity index (χ0v) is 9.81. The van der Waals surface area contributed by atoms with Crippen LogP contribution in [0.15, 0.2) is 0 Å². The van der Waals surface area contributed by atoms with Gasteiger partial charge in [0.1, 0.15) is 0 Å². The molecule has 2 heterocycles. The normalized spacial score (nSPS) is 30.2. The van der Waals surface area contributed by atoms with E-state index in [2.05, 4.69) is 4.90 Å². The molecule has 16 heavy (non-hydrogen) atoms. The van der Waals surface area contributed by atoms with Crippen LogP contribution < -0.4 is 0 Å². The highest BCUT2D eigenvalue weighted by Crippen LogP contribution is 2.24. The summed E-state index contributed by atoms with van der Waals surface area (Å²) in [7, 11) is 0. The zero-order chi connectivity index (χ0) is 11.6. The minimum atomic E-state index is -0.729. The predicted octanol–water partition coefficient (Wildman–Crippen LogP) is 0.285. The first-order valence-electron chi connectivity index (χ1n) is 5.99. The molecule has 0 aromatic heterocycles. The second kappa shape index (κ2) is 4.59. The van der Waals surface area contributed by atoms with Gasteiger partial charge in [-0.25, -0.2) is 4.79 Å². The Morgan fingerprint density at radius 1 is 1.44 bits per heavy atom. The standard InChI is InChI=1S/C11H20N2O3/c1-2-16-10(14)13-7-4-11(15,9-13)8-12-5-3-6-12/h15H,2-9H2,1H3. The predicted molar refractivity (Wildman–Crippen MR) is 59.2 cm³/mol. The van der Waals surface area contributed by atoms with E-state index in [1.165, 1.54) is 6.42 Å². The van der Waals surface area contributed by atoms with E-state index in [1.807, 2.05) is 0 Å². The highest BCUT2D eigenvalue weighted by Gasteiger charge is 2.40. The number of carbonyl (C=O) groups is 1. The molecule has 0 saturated carbocycles. The zero-order valence-electron chi connectivity index (χ0n) is 9.81. The number of ether oxygens (including phenoxy) is 1. The van der Waals surface area contributed by atoms with Crippen molar-refractivity contribution in [2.45, 2.75) is 25.4 Å². The van der Waals surface area contributed by atoms with Crippen LogP contribution in [0.4, 0.5) is 4.79 Å². The molecule has 2 rings (SSSR count). The molecule has 0 aromatic rings. The first-order chi connectivity index (χ1) is 7.63. The van der Waals surface area contributed by atoms with Crippen LogP contribution in [0.2, 0.25) is 0 Å². The molecular weight excluding hydrogens is 208 g/mol. The van der Waals surface area contributed by atoms with Crippen LogP contribution in [-0.2, 0) is 4.74 Å². The van der Waals surface area contributed by atoms with Crippen LogP contribution >= 0.6 is 0 Å². The molecule has 2 fully saturated rings. The van der Waals surface area contributed by atoms with E-state index in [9.17, 15) is 9.90 Å². The van der Waals surface area contributed by atoms with E-state index in [-0.39, 0.29) is 6.09 Å². The highest BCUT2D eigenvalue weighted by molar-refractivity contribution is 5.68. The number of β-amino-alcohol motifs (C(OH)–C–C–N with tert-alkyl or cyclic N) is 1. The number of aliphatic hydroxyl groups is 1. The lowest BCUT2D eigenvalue weighted by molar-refractivity contribution is -0.00570. The van der Waals surface area contributed by atoms with Crippen molar-refractivity contribution in [1.82, 2.24) is 9.80 Å². The van der Waals surface area contributed by atoms with Gasteiger partial charge in [-0.1, -0.05) is 0 Å². The molecule has 2 aliphatic rings. The SMILES string of the molecule is CCOC(=O)N1CCC(O)(CN2CCC2)C1. The highest BCUT2D eigenvalue weighted by atomic mass is 16.6. The van der Waals surface area contributed by atoms with Gasteiger partial charge in [0, 0.05) is 13.1 Å². The number of carbonyl (C=O) groups excluding carboxylic acids is 1. The smallest absolute Gasteiger partial charge is 0.409 e. The van der Waals surface area contributed by atoms with Crippen LogP contribution in [0.25, 0.3) is 0 Å². The number of nitrogens with zero attached hydrogens (tertiary/aromatic N) is 2. The third-order valence-electron chi connectivity index (χ3n) is 3.32. The topological polar surface area (TPSA) is 53.0 Å². The number of hydrogen-bond donors (Lipinski definition) is 1. The van der Waals surface area contributed by atoms with E-state index in [0.717, 1.165) is 13.1 Å². The molecule has 1 atom stereocenters. The fourth-order valence-electron chi connectivity index (χ4n) is 2.31. The Bertz CT molecular complexity index is 268.